The number of carbonyl (C=O) groups is 1. The molecule has 19 heavy (non-hydrogen) atoms. The number of amides is 1. The third-order valence-corrected chi connectivity index (χ3v) is 3.23. The van der Waals surface area contributed by atoms with E-state index in [1.54, 1.807) is 18.0 Å². The minimum Gasteiger partial charge on any atom is -0.385 e. The number of nitrogens with zero attached hydrogens (tertiary/aromatic N) is 2. The SMILES string of the molecule is CCNc1ccc([N+](=O)[O-])cc1C(=O)N(C)C1CC1. The Balaban J connectivity index is 2.35. The van der Waals surface area contributed by atoms with Crippen molar-refractivity contribution >= 4 is 17.3 Å². The Morgan fingerprint density at radius 3 is 2.74 bits per heavy atom. The van der Waals surface area contributed by atoms with Gasteiger partial charge in [-0.15, -0.1) is 0 Å². The van der Waals surface area contributed by atoms with Crippen molar-refractivity contribution in [1.29, 1.82) is 0 Å². The highest BCUT2D eigenvalue weighted by Gasteiger charge is 2.31. The van der Waals surface area contributed by atoms with E-state index in [1.807, 2.05) is 6.92 Å². The van der Waals surface area contributed by atoms with E-state index in [2.05, 4.69) is 5.32 Å². The third-order valence-electron chi connectivity index (χ3n) is 3.23. The van der Waals surface area contributed by atoms with E-state index in [-0.39, 0.29) is 17.6 Å². The fourth-order valence-corrected chi connectivity index (χ4v) is 1.98. The van der Waals surface area contributed by atoms with Crippen LogP contribution in [0.25, 0.3) is 0 Å². The summed E-state index contributed by atoms with van der Waals surface area (Å²) in [5.41, 5.74) is 0.949. The highest BCUT2D eigenvalue weighted by Crippen LogP contribution is 2.29. The Hall–Kier alpha value is -2.11. The molecule has 0 bridgehead atoms. The van der Waals surface area contributed by atoms with Gasteiger partial charge in [0.05, 0.1) is 10.5 Å². The van der Waals surface area contributed by atoms with E-state index in [9.17, 15) is 14.9 Å². The van der Waals surface area contributed by atoms with Crippen LogP contribution in [0.4, 0.5) is 11.4 Å². The molecule has 1 N–H and O–H groups in total. The Morgan fingerprint density at radius 1 is 1.53 bits per heavy atom. The van der Waals surface area contributed by atoms with E-state index < -0.39 is 4.92 Å². The number of anilines is 1. The summed E-state index contributed by atoms with van der Waals surface area (Å²) in [6.45, 7) is 2.57. The first-order valence-electron chi connectivity index (χ1n) is 6.34. The number of non-ortho nitro benzene ring substituents is 1. The maximum absolute atomic E-state index is 12.4. The van der Waals surface area contributed by atoms with Crippen molar-refractivity contribution < 1.29 is 9.72 Å². The Labute approximate surface area is 111 Å². The van der Waals surface area contributed by atoms with Crippen LogP contribution in [0, 0.1) is 10.1 Å². The molecule has 0 saturated heterocycles. The standard InChI is InChI=1S/C13H17N3O3/c1-3-14-12-7-6-10(16(18)19)8-11(12)13(17)15(2)9-4-5-9/h6-9,14H,3-5H2,1-2H3. The third kappa shape index (κ3) is 2.83. The van der Waals surface area contributed by atoms with Crippen molar-refractivity contribution in [3.8, 4) is 0 Å². The summed E-state index contributed by atoms with van der Waals surface area (Å²) in [6.07, 6.45) is 2.02. The minimum atomic E-state index is -0.483. The molecular formula is C13H17N3O3. The Morgan fingerprint density at radius 2 is 2.21 bits per heavy atom. The molecule has 1 fully saturated rings. The lowest BCUT2D eigenvalue weighted by Gasteiger charge is -2.18. The van der Waals surface area contributed by atoms with Crippen LogP contribution in [0.1, 0.15) is 30.1 Å². The number of nitro benzene ring substituents is 1. The first-order valence-corrected chi connectivity index (χ1v) is 6.34. The normalized spacial score (nSPS) is 14.0. The molecule has 1 saturated carbocycles. The van der Waals surface area contributed by atoms with E-state index in [4.69, 9.17) is 0 Å². The second kappa shape index (κ2) is 5.26. The van der Waals surface area contributed by atoms with Gasteiger partial charge in [0.1, 0.15) is 0 Å². The van der Waals surface area contributed by atoms with Gasteiger partial charge in [0.2, 0.25) is 0 Å². The second-order valence-electron chi connectivity index (χ2n) is 4.66. The van der Waals surface area contributed by atoms with Gasteiger partial charge >= 0.3 is 0 Å². The zero-order valence-electron chi connectivity index (χ0n) is 11.0. The fraction of sp³-hybridized carbons (Fsp3) is 0.462. The van der Waals surface area contributed by atoms with Gasteiger partial charge in [-0.2, -0.15) is 0 Å². The van der Waals surface area contributed by atoms with Gasteiger partial charge in [0.15, 0.2) is 0 Å². The van der Waals surface area contributed by atoms with Crippen LogP contribution < -0.4 is 5.32 Å². The molecule has 0 radical (unpaired) electrons. The number of hydrogen-bond acceptors (Lipinski definition) is 4. The first kappa shape index (κ1) is 13.3. The molecule has 6 heteroatoms. The summed E-state index contributed by atoms with van der Waals surface area (Å²) in [4.78, 5) is 24.4. The van der Waals surface area contributed by atoms with Crippen LogP contribution in [0.2, 0.25) is 0 Å². The van der Waals surface area contributed by atoms with Crippen LogP contribution in [0.3, 0.4) is 0 Å². The molecule has 0 spiro atoms. The highest BCUT2D eigenvalue weighted by atomic mass is 16.6. The summed E-state index contributed by atoms with van der Waals surface area (Å²) in [5, 5.41) is 13.9. The number of hydrogen-bond donors (Lipinski definition) is 1. The highest BCUT2D eigenvalue weighted by molar-refractivity contribution is 6.00. The zero-order valence-corrected chi connectivity index (χ0v) is 11.0. The number of nitrogens with one attached hydrogen (secondary N) is 1. The molecule has 1 amide bonds. The van der Waals surface area contributed by atoms with Crippen molar-refractivity contribution in [1.82, 2.24) is 4.90 Å². The van der Waals surface area contributed by atoms with Crippen molar-refractivity contribution in [3.63, 3.8) is 0 Å². The van der Waals surface area contributed by atoms with E-state index in [1.165, 1.54) is 12.1 Å². The average Bonchev–Trinajstić information content (AvgIpc) is 3.22. The molecule has 6 nitrogen and oxygen atoms in total. The molecule has 1 aromatic rings. The maximum Gasteiger partial charge on any atom is 0.270 e. The van der Waals surface area contributed by atoms with Crippen LogP contribution in [0.15, 0.2) is 18.2 Å². The van der Waals surface area contributed by atoms with Crippen LogP contribution in [-0.2, 0) is 0 Å². The smallest absolute Gasteiger partial charge is 0.270 e. The van der Waals surface area contributed by atoms with Crippen molar-refractivity contribution in [3.05, 3.63) is 33.9 Å². The van der Waals surface area contributed by atoms with Gasteiger partial charge in [-0.25, -0.2) is 0 Å². The predicted octanol–water partition coefficient (Wildman–Crippen LogP) is 2.26. The van der Waals surface area contributed by atoms with Crippen LogP contribution in [0.5, 0.6) is 0 Å². The molecule has 0 aromatic heterocycles. The topological polar surface area (TPSA) is 75.5 Å². The predicted molar refractivity (Wildman–Crippen MR) is 72.4 cm³/mol. The first-order chi connectivity index (χ1) is 9.04. The van der Waals surface area contributed by atoms with E-state index >= 15 is 0 Å². The molecule has 0 heterocycles. The van der Waals surface area contributed by atoms with E-state index in [0.717, 1.165) is 12.8 Å². The summed E-state index contributed by atoms with van der Waals surface area (Å²) in [6, 6.07) is 4.63. The Bertz CT molecular complexity index is 512. The Kier molecular flexibility index (Phi) is 3.69. The lowest BCUT2D eigenvalue weighted by molar-refractivity contribution is -0.384. The van der Waals surface area contributed by atoms with Crippen LogP contribution >= 0.6 is 0 Å². The summed E-state index contributed by atoms with van der Waals surface area (Å²) in [5.74, 6) is -0.165. The van der Waals surface area contributed by atoms with E-state index in [0.29, 0.717) is 17.8 Å². The van der Waals surface area contributed by atoms with Gasteiger partial charge in [0.25, 0.3) is 11.6 Å². The zero-order chi connectivity index (χ0) is 14.0. The second-order valence-corrected chi connectivity index (χ2v) is 4.66. The summed E-state index contributed by atoms with van der Waals surface area (Å²) in [7, 11) is 1.74. The van der Waals surface area contributed by atoms with Gasteiger partial charge < -0.3 is 10.2 Å². The summed E-state index contributed by atoms with van der Waals surface area (Å²) >= 11 is 0. The number of carbonyl (C=O) groups excluding carboxylic acids is 1. The van der Waals surface area contributed by atoms with Crippen LogP contribution in [-0.4, -0.2) is 35.4 Å². The molecule has 0 aliphatic heterocycles. The maximum atomic E-state index is 12.4. The molecular weight excluding hydrogens is 246 g/mol. The number of rotatable bonds is 5. The summed E-state index contributed by atoms with van der Waals surface area (Å²) < 4.78 is 0. The van der Waals surface area contributed by atoms with Gasteiger partial charge in [-0.3, -0.25) is 14.9 Å². The minimum absolute atomic E-state index is 0.0609. The van der Waals surface area contributed by atoms with Gasteiger partial charge in [-0.05, 0) is 25.8 Å². The molecule has 1 aromatic carbocycles. The van der Waals surface area contributed by atoms with Gasteiger partial charge in [0, 0.05) is 37.5 Å². The van der Waals surface area contributed by atoms with Crippen molar-refractivity contribution in [2.75, 3.05) is 18.9 Å². The molecule has 102 valence electrons. The number of nitro groups is 1. The van der Waals surface area contributed by atoms with Crippen molar-refractivity contribution in [2.45, 2.75) is 25.8 Å². The average molecular weight is 263 g/mol. The fourth-order valence-electron chi connectivity index (χ4n) is 1.98. The largest absolute Gasteiger partial charge is 0.385 e. The molecule has 2 rings (SSSR count). The molecule has 0 unspecified atom stereocenters. The molecule has 0 atom stereocenters. The van der Waals surface area contributed by atoms with Crippen molar-refractivity contribution in [2.24, 2.45) is 0 Å². The van der Waals surface area contributed by atoms with Gasteiger partial charge in [-0.1, -0.05) is 0 Å². The lowest BCUT2D eigenvalue weighted by Crippen LogP contribution is -2.29. The molecule has 1 aliphatic carbocycles. The number of benzene rings is 1. The quantitative estimate of drug-likeness (QED) is 0.653. The monoisotopic (exact) mass is 263 g/mol. The molecule has 1 aliphatic rings. The lowest BCUT2D eigenvalue weighted by atomic mass is 10.1.